The van der Waals surface area contributed by atoms with Gasteiger partial charge in [-0.1, -0.05) is 11.6 Å². The van der Waals surface area contributed by atoms with Crippen LogP contribution in [0.15, 0.2) is 10.7 Å². The third-order valence-corrected chi connectivity index (χ3v) is 4.17. The van der Waals surface area contributed by atoms with Crippen molar-refractivity contribution >= 4 is 11.9 Å². The monoisotopic (exact) mass is 316 g/mol. The van der Waals surface area contributed by atoms with Gasteiger partial charge in [-0.05, 0) is 26.7 Å². The van der Waals surface area contributed by atoms with E-state index in [9.17, 15) is 4.79 Å². The van der Waals surface area contributed by atoms with Crippen LogP contribution in [0.4, 0.5) is 5.95 Å². The smallest absolute Gasteiger partial charge is 0.257 e. The lowest BCUT2D eigenvalue weighted by atomic mass is 9.85. The van der Waals surface area contributed by atoms with Gasteiger partial charge in [0.15, 0.2) is 5.82 Å². The minimum Gasteiger partial charge on any atom is -0.368 e. The normalized spacial score (nSPS) is 14.5. The number of aryl methyl sites for hydroxylation is 1. The van der Waals surface area contributed by atoms with Crippen molar-refractivity contribution in [1.29, 1.82) is 0 Å². The van der Waals surface area contributed by atoms with E-state index in [1.807, 2.05) is 6.92 Å². The Balaban J connectivity index is 1.73. The molecule has 1 fully saturated rings. The molecule has 0 aliphatic heterocycles. The maximum Gasteiger partial charge on any atom is 0.257 e. The second kappa shape index (κ2) is 6.31. The van der Waals surface area contributed by atoms with Gasteiger partial charge < -0.3 is 15.2 Å². The maximum atomic E-state index is 12.6. The molecule has 0 radical (unpaired) electrons. The molecule has 23 heavy (non-hydrogen) atoms. The van der Waals surface area contributed by atoms with Gasteiger partial charge in [0, 0.05) is 18.7 Å². The van der Waals surface area contributed by atoms with E-state index in [4.69, 9.17) is 10.3 Å². The van der Waals surface area contributed by atoms with Gasteiger partial charge >= 0.3 is 0 Å². The highest BCUT2D eigenvalue weighted by Crippen LogP contribution is 2.35. The van der Waals surface area contributed by atoms with E-state index in [1.54, 1.807) is 11.8 Å². The summed E-state index contributed by atoms with van der Waals surface area (Å²) in [4.78, 5) is 26.6. The average Bonchev–Trinajstić information content (AvgIpc) is 2.90. The van der Waals surface area contributed by atoms with Crippen molar-refractivity contribution < 1.29 is 9.32 Å². The molecule has 0 bridgehead atoms. The second-order valence-corrected chi connectivity index (χ2v) is 5.72. The zero-order valence-corrected chi connectivity index (χ0v) is 13.3. The topological polar surface area (TPSA) is 111 Å². The van der Waals surface area contributed by atoms with Crippen molar-refractivity contribution in [1.82, 2.24) is 25.0 Å². The molecule has 2 heterocycles. The average molecular weight is 316 g/mol. The molecule has 3 rings (SSSR count). The van der Waals surface area contributed by atoms with Crippen molar-refractivity contribution in [2.24, 2.45) is 0 Å². The van der Waals surface area contributed by atoms with E-state index in [1.165, 1.54) is 12.6 Å². The first-order chi connectivity index (χ1) is 11.1. The van der Waals surface area contributed by atoms with Crippen LogP contribution in [0.25, 0.3) is 0 Å². The lowest BCUT2D eigenvalue weighted by Gasteiger charge is -2.21. The molecule has 0 aromatic carbocycles. The number of nitrogens with two attached hydrogens (primary N) is 1. The molecule has 122 valence electrons. The van der Waals surface area contributed by atoms with Crippen LogP contribution in [-0.2, 0) is 6.54 Å². The highest BCUT2D eigenvalue weighted by molar-refractivity contribution is 5.94. The minimum absolute atomic E-state index is 0.158. The molecule has 2 aromatic rings. The van der Waals surface area contributed by atoms with Crippen LogP contribution >= 0.6 is 0 Å². The third-order valence-electron chi connectivity index (χ3n) is 4.17. The van der Waals surface area contributed by atoms with E-state index < -0.39 is 0 Å². The first kappa shape index (κ1) is 15.4. The molecular weight excluding hydrogens is 296 g/mol. The quantitative estimate of drug-likeness (QED) is 0.893. The fourth-order valence-electron chi connectivity index (χ4n) is 2.52. The Morgan fingerprint density at radius 1 is 1.43 bits per heavy atom. The zero-order chi connectivity index (χ0) is 16.4. The summed E-state index contributed by atoms with van der Waals surface area (Å²) in [5, 5.41) is 3.99. The summed E-state index contributed by atoms with van der Waals surface area (Å²) in [6.07, 6.45) is 4.86. The molecule has 0 unspecified atom stereocenters. The van der Waals surface area contributed by atoms with E-state index in [-0.39, 0.29) is 11.9 Å². The van der Waals surface area contributed by atoms with Crippen LogP contribution in [0.5, 0.6) is 0 Å². The Hall–Kier alpha value is -2.51. The maximum absolute atomic E-state index is 12.6. The van der Waals surface area contributed by atoms with Gasteiger partial charge in [0.1, 0.15) is 0 Å². The number of anilines is 1. The summed E-state index contributed by atoms with van der Waals surface area (Å²) in [6, 6.07) is 0. The highest BCUT2D eigenvalue weighted by atomic mass is 16.5. The predicted molar refractivity (Wildman–Crippen MR) is 82.5 cm³/mol. The van der Waals surface area contributed by atoms with Crippen LogP contribution in [0.2, 0.25) is 0 Å². The van der Waals surface area contributed by atoms with Gasteiger partial charge in [0.05, 0.1) is 17.8 Å². The molecule has 1 saturated carbocycles. The number of hydrogen-bond acceptors (Lipinski definition) is 7. The van der Waals surface area contributed by atoms with Crippen LogP contribution < -0.4 is 5.73 Å². The van der Waals surface area contributed by atoms with Crippen LogP contribution in [0.1, 0.15) is 59.9 Å². The van der Waals surface area contributed by atoms with Crippen molar-refractivity contribution in [3.63, 3.8) is 0 Å². The molecule has 2 aromatic heterocycles. The Morgan fingerprint density at radius 3 is 2.83 bits per heavy atom. The molecule has 0 atom stereocenters. The molecule has 2 N–H and O–H groups in total. The number of amides is 1. The van der Waals surface area contributed by atoms with Gasteiger partial charge in [-0.2, -0.15) is 4.98 Å². The second-order valence-electron chi connectivity index (χ2n) is 5.72. The molecule has 0 spiro atoms. The molecular formula is C15H20N6O2. The predicted octanol–water partition coefficient (Wildman–Crippen LogP) is 1.68. The van der Waals surface area contributed by atoms with Gasteiger partial charge in [0.2, 0.25) is 11.8 Å². The Labute approximate surface area is 134 Å². The van der Waals surface area contributed by atoms with Crippen LogP contribution in [-0.4, -0.2) is 37.5 Å². The largest absolute Gasteiger partial charge is 0.368 e. The van der Waals surface area contributed by atoms with Crippen molar-refractivity contribution in [3.05, 3.63) is 29.2 Å². The van der Waals surface area contributed by atoms with E-state index in [2.05, 4.69) is 20.1 Å². The van der Waals surface area contributed by atoms with E-state index >= 15 is 0 Å². The summed E-state index contributed by atoms with van der Waals surface area (Å²) in [5.41, 5.74) is 6.52. The van der Waals surface area contributed by atoms with Crippen LogP contribution in [0, 0.1) is 6.92 Å². The summed E-state index contributed by atoms with van der Waals surface area (Å²) < 4.78 is 5.30. The number of carbonyl (C=O) groups excluding carboxylic acids is 1. The molecule has 1 amide bonds. The summed E-state index contributed by atoms with van der Waals surface area (Å²) >= 11 is 0. The van der Waals surface area contributed by atoms with Crippen molar-refractivity contribution in [2.45, 2.75) is 45.6 Å². The van der Waals surface area contributed by atoms with Gasteiger partial charge in [-0.3, -0.25) is 4.79 Å². The highest BCUT2D eigenvalue weighted by Gasteiger charge is 2.26. The first-order valence-electron chi connectivity index (χ1n) is 7.79. The van der Waals surface area contributed by atoms with Gasteiger partial charge in [-0.25, -0.2) is 9.97 Å². The number of hydrogen-bond donors (Lipinski definition) is 1. The summed E-state index contributed by atoms with van der Waals surface area (Å²) in [5.74, 6) is 1.58. The van der Waals surface area contributed by atoms with Crippen LogP contribution in [0.3, 0.4) is 0 Å². The lowest BCUT2D eigenvalue weighted by Crippen LogP contribution is -2.31. The Bertz CT molecular complexity index is 710. The molecule has 8 nitrogen and oxygen atoms in total. The number of aromatic nitrogens is 4. The van der Waals surface area contributed by atoms with Crippen molar-refractivity contribution in [3.8, 4) is 0 Å². The first-order valence-corrected chi connectivity index (χ1v) is 7.79. The fourth-order valence-corrected chi connectivity index (χ4v) is 2.52. The van der Waals surface area contributed by atoms with Gasteiger partial charge in [0.25, 0.3) is 5.91 Å². The van der Waals surface area contributed by atoms with Crippen molar-refractivity contribution in [2.75, 3.05) is 12.3 Å². The Kier molecular flexibility index (Phi) is 4.22. The number of rotatable bonds is 5. The fraction of sp³-hybridized carbons (Fsp3) is 0.533. The molecule has 1 aliphatic carbocycles. The Morgan fingerprint density at radius 2 is 2.22 bits per heavy atom. The summed E-state index contributed by atoms with van der Waals surface area (Å²) in [7, 11) is 0. The summed E-state index contributed by atoms with van der Waals surface area (Å²) in [6.45, 7) is 4.46. The lowest BCUT2D eigenvalue weighted by molar-refractivity contribution is 0.0745. The standard InChI is InChI=1S/C15H20N6O2/c1-3-21(14(22)11-7-17-15(16)18-9(11)2)8-12-19-13(23-20-12)10-5-4-6-10/h7,10H,3-6,8H2,1-2H3,(H2,16,17,18). The minimum atomic E-state index is -0.167. The van der Waals surface area contributed by atoms with E-state index in [0.717, 1.165) is 12.8 Å². The SMILES string of the molecule is CCN(Cc1noc(C2CCC2)n1)C(=O)c1cnc(N)nc1C. The third kappa shape index (κ3) is 3.15. The van der Waals surface area contributed by atoms with E-state index in [0.29, 0.717) is 42.0 Å². The molecule has 8 heteroatoms. The number of nitrogen functional groups attached to an aromatic ring is 1. The molecule has 0 saturated heterocycles. The number of nitrogens with zero attached hydrogens (tertiary/aromatic N) is 5. The molecule has 1 aliphatic rings. The number of carbonyl (C=O) groups is 1. The van der Waals surface area contributed by atoms with Gasteiger partial charge in [-0.15, -0.1) is 0 Å². The zero-order valence-electron chi connectivity index (χ0n) is 13.3.